The molecule has 2 aromatic heterocycles. The molecule has 2 aromatic rings. The van der Waals surface area contributed by atoms with Gasteiger partial charge >= 0.3 is 5.97 Å². The van der Waals surface area contributed by atoms with Crippen LogP contribution in [0.4, 0.5) is 5.69 Å². The van der Waals surface area contributed by atoms with Crippen LogP contribution >= 0.6 is 0 Å². The van der Waals surface area contributed by atoms with Crippen molar-refractivity contribution in [3.63, 3.8) is 0 Å². The largest absolute Gasteiger partial charge is 0.462 e. The number of aromatic amines is 1. The predicted molar refractivity (Wildman–Crippen MR) is 109 cm³/mol. The Labute approximate surface area is 166 Å². The Hall–Kier alpha value is -2.15. The summed E-state index contributed by atoms with van der Waals surface area (Å²) >= 11 is 0. The van der Waals surface area contributed by atoms with Gasteiger partial charge in [0.15, 0.2) is 5.65 Å². The standard InChI is InChI=1S/C21H32N4O3/c1-6-21(27-5)9-13(3)8-15(10-21)14(4)25-17-16(20(26)28-7-2)11-22-19-18(17)23-12-24-19/h11-15H,6-10H2,1-5H3,(H2,22,23,24,25)/t13?,14-,15+,21+/m0/s1. The molecule has 1 saturated carbocycles. The molecule has 1 aliphatic rings. The van der Waals surface area contributed by atoms with Gasteiger partial charge in [-0.25, -0.2) is 14.8 Å². The zero-order valence-electron chi connectivity index (χ0n) is 17.5. The van der Waals surface area contributed by atoms with Gasteiger partial charge in [0.1, 0.15) is 11.1 Å². The van der Waals surface area contributed by atoms with E-state index in [-0.39, 0.29) is 17.6 Å². The van der Waals surface area contributed by atoms with E-state index in [4.69, 9.17) is 9.47 Å². The summed E-state index contributed by atoms with van der Waals surface area (Å²) in [5.41, 5.74) is 2.36. The second-order valence-corrected chi connectivity index (χ2v) is 8.05. The van der Waals surface area contributed by atoms with E-state index in [0.717, 1.165) is 25.7 Å². The number of pyridine rings is 1. The Morgan fingerprint density at radius 3 is 2.86 bits per heavy atom. The van der Waals surface area contributed by atoms with Crippen molar-refractivity contribution in [1.82, 2.24) is 15.0 Å². The van der Waals surface area contributed by atoms with Crippen LogP contribution in [0.5, 0.6) is 0 Å². The molecule has 2 N–H and O–H groups in total. The van der Waals surface area contributed by atoms with Crippen LogP contribution in [0, 0.1) is 11.8 Å². The van der Waals surface area contributed by atoms with Crippen molar-refractivity contribution < 1.29 is 14.3 Å². The molecular weight excluding hydrogens is 356 g/mol. The second-order valence-electron chi connectivity index (χ2n) is 8.05. The summed E-state index contributed by atoms with van der Waals surface area (Å²) in [5.74, 6) is 0.641. The molecule has 0 aliphatic heterocycles. The number of ether oxygens (including phenoxy) is 2. The van der Waals surface area contributed by atoms with Crippen LogP contribution in [0.15, 0.2) is 12.5 Å². The van der Waals surface area contributed by atoms with Gasteiger partial charge in [0.25, 0.3) is 0 Å². The molecule has 1 aliphatic carbocycles. The molecule has 1 fully saturated rings. The Morgan fingerprint density at radius 1 is 1.39 bits per heavy atom. The molecule has 0 bridgehead atoms. The molecule has 154 valence electrons. The van der Waals surface area contributed by atoms with Crippen molar-refractivity contribution in [2.45, 2.75) is 65.0 Å². The molecule has 1 unspecified atom stereocenters. The van der Waals surface area contributed by atoms with Crippen molar-refractivity contribution in [1.29, 1.82) is 0 Å². The van der Waals surface area contributed by atoms with Gasteiger partial charge in [-0.05, 0) is 51.4 Å². The smallest absolute Gasteiger partial charge is 0.341 e. The van der Waals surface area contributed by atoms with Crippen LogP contribution in [0.25, 0.3) is 11.2 Å². The average Bonchev–Trinajstić information content (AvgIpc) is 3.17. The van der Waals surface area contributed by atoms with E-state index in [2.05, 4.69) is 41.0 Å². The van der Waals surface area contributed by atoms with Gasteiger partial charge < -0.3 is 19.8 Å². The van der Waals surface area contributed by atoms with Crippen LogP contribution in [-0.2, 0) is 9.47 Å². The third kappa shape index (κ3) is 3.99. The van der Waals surface area contributed by atoms with Crippen LogP contribution < -0.4 is 5.32 Å². The van der Waals surface area contributed by atoms with E-state index in [1.54, 1.807) is 19.4 Å². The lowest BCUT2D eigenvalue weighted by Crippen LogP contribution is -2.44. The summed E-state index contributed by atoms with van der Waals surface area (Å²) in [6, 6.07) is 0.152. The first-order valence-corrected chi connectivity index (χ1v) is 10.2. The molecular formula is C21H32N4O3. The summed E-state index contributed by atoms with van der Waals surface area (Å²) in [5, 5.41) is 3.58. The second kappa shape index (κ2) is 8.47. The maximum atomic E-state index is 12.5. The maximum Gasteiger partial charge on any atom is 0.341 e. The van der Waals surface area contributed by atoms with E-state index in [1.807, 2.05) is 7.11 Å². The maximum absolute atomic E-state index is 12.5. The first kappa shape index (κ1) is 20.6. The highest BCUT2D eigenvalue weighted by atomic mass is 16.5. The molecule has 3 rings (SSSR count). The zero-order chi connectivity index (χ0) is 20.3. The highest BCUT2D eigenvalue weighted by Crippen LogP contribution is 2.42. The van der Waals surface area contributed by atoms with E-state index in [1.165, 1.54) is 0 Å². The highest BCUT2D eigenvalue weighted by Gasteiger charge is 2.40. The van der Waals surface area contributed by atoms with Gasteiger partial charge in [-0.3, -0.25) is 0 Å². The van der Waals surface area contributed by atoms with Gasteiger partial charge in [0, 0.05) is 19.3 Å². The van der Waals surface area contributed by atoms with Gasteiger partial charge in [0.05, 0.1) is 24.2 Å². The predicted octanol–water partition coefficient (Wildman–Crippen LogP) is 4.17. The number of H-pyrrole nitrogens is 1. The number of esters is 1. The molecule has 4 atom stereocenters. The fourth-order valence-corrected chi connectivity index (χ4v) is 4.61. The van der Waals surface area contributed by atoms with Gasteiger partial charge in [-0.2, -0.15) is 0 Å². The van der Waals surface area contributed by atoms with Crippen molar-refractivity contribution in [3.8, 4) is 0 Å². The van der Waals surface area contributed by atoms with Gasteiger partial charge in [-0.1, -0.05) is 13.8 Å². The normalized spacial score (nSPS) is 26.2. The van der Waals surface area contributed by atoms with Gasteiger partial charge in [-0.15, -0.1) is 0 Å². The molecule has 2 heterocycles. The quantitative estimate of drug-likeness (QED) is 0.692. The minimum atomic E-state index is -0.383. The Bertz CT molecular complexity index is 815. The number of carbonyl (C=O) groups is 1. The first-order valence-electron chi connectivity index (χ1n) is 10.2. The van der Waals surface area contributed by atoms with Crippen LogP contribution in [-0.4, -0.2) is 46.3 Å². The third-order valence-electron chi connectivity index (χ3n) is 6.16. The summed E-state index contributed by atoms with van der Waals surface area (Å²) < 4.78 is 11.2. The molecule has 0 spiro atoms. The Kier molecular flexibility index (Phi) is 6.23. The molecule has 0 aromatic carbocycles. The number of methoxy groups -OCH3 is 1. The minimum absolute atomic E-state index is 0.0673. The fraction of sp³-hybridized carbons (Fsp3) is 0.667. The number of hydrogen-bond donors (Lipinski definition) is 2. The van der Waals surface area contributed by atoms with Crippen molar-refractivity contribution in [3.05, 3.63) is 18.1 Å². The lowest BCUT2D eigenvalue weighted by molar-refractivity contribution is -0.0733. The average molecular weight is 389 g/mol. The topological polar surface area (TPSA) is 89.1 Å². The number of carbonyl (C=O) groups excluding carboxylic acids is 1. The number of nitrogens with zero attached hydrogens (tertiary/aromatic N) is 2. The monoisotopic (exact) mass is 388 g/mol. The molecule has 28 heavy (non-hydrogen) atoms. The lowest BCUT2D eigenvalue weighted by atomic mass is 9.69. The van der Waals surface area contributed by atoms with Crippen LogP contribution in [0.3, 0.4) is 0 Å². The summed E-state index contributed by atoms with van der Waals surface area (Å²) in [7, 11) is 1.83. The lowest BCUT2D eigenvalue weighted by Gasteiger charge is -2.44. The minimum Gasteiger partial charge on any atom is -0.462 e. The molecule has 0 saturated heterocycles. The van der Waals surface area contributed by atoms with E-state index in [0.29, 0.717) is 40.9 Å². The number of aromatic nitrogens is 3. The molecule has 7 heteroatoms. The highest BCUT2D eigenvalue weighted by molar-refractivity contribution is 6.02. The SMILES string of the molecule is CCOC(=O)c1cnc2[nH]cnc2c1N[C@@H](C)[C@@H]1CC(C)C[C@@](CC)(OC)C1. The van der Waals surface area contributed by atoms with Crippen LogP contribution in [0.1, 0.15) is 63.7 Å². The number of hydrogen-bond acceptors (Lipinski definition) is 6. The molecule has 0 amide bonds. The molecule has 7 nitrogen and oxygen atoms in total. The van der Waals surface area contributed by atoms with Crippen molar-refractivity contribution in [2.75, 3.05) is 19.0 Å². The zero-order valence-corrected chi connectivity index (χ0v) is 17.5. The van der Waals surface area contributed by atoms with E-state index >= 15 is 0 Å². The van der Waals surface area contributed by atoms with Crippen molar-refractivity contribution >= 4 is 22.8 Å². The number of nitrogens with one attached hydrogen (secondary N) is 2. The summed E-state index contributed by atoms with van der Waals surface area (Å²) in [6.45, 7) is 8.79. The number of anilines is 1. The third-order valence-corrected chi connectivity index (χ3v) is 6.16. The number of fused-ring (bicyclic) bond motifs is 1. The van der Waals surface area contributed by atoms with Crippen molar-refractivity contribution in [2.24, 2.45) is 11.8 Å². The summed E-state index contributed by atoms with van der Waals surface area (Å²) in [6.07, 6.45) is 7.38. The van der Waals surface area contributed by atoms with E-state index in [9.17, 15) is 4.79 Å². The van der Waals surface area contributed by atoms with E-state index < -0.39 is 0 Å². The number of rotatable bonds is 7. The fourth-order valence-electron chi connectivity index (χ4n) is 4.61. The Balaban J connectivity index is 1.89. The summed E-state index contributed by atoms with van der Waals surface area (Å²) in [4.78, 5) is 24.2. The van der Waals surface area contributed by atoms with Gasteiger partial charge in [0.2, 0.25) is 0 Å². The molecule has 0 radical (unpaired) electrons. The van der Waals surface area contributed by atoms with Crippen LogP contribution in [0.2, 0.25) is 0 Å². The Morgan fingerprint density at radius 2 is 2.18 bits per heavy atom. The first-order chi connectivity index (χ1) is 13.4. The number of imidazole rings is 1.